The van der Waals surface area contributed by atoms with Crippen LogP contribution in [0.1, 0.15) is 15.9 Å². The fourth-order valence-corrected chi connectivity index (χ4v) is 2.49. The highest BCUT2D eigenvalue weighted by Crippen LogP contribution is 2.28. The minimum atomic E-state index is -0.172. The number of hydrogen-bond acceptors (Lipinski definition) is 3. The number of halogens is 1. The maximum atomic E-state index is 12.1. The predicted octanol–water partition coefficient (Wildman–Crippen LogP) is 1.17. The lowest BCUT2D eigenvalue weighted by Crippen LogP contribution is -2.38. The summed E-state index contributed by atoms with van der Waals surface area (Å²) in [6, 6.07) is 5.50. The van der Waals surface area contributed by atoms with E-state index in [0.717, 1.165) is 10.0 Å². The van der Waals surface area contributed by atoms with Crippen LogP contribution in [0, 0.1) is 0 Å². The van der Waals surface area contributed by atoms with E-state index in [-0.39, 0.29) is 18.4 Å². The lowest BCUT2D eigenvalue weighted by atomic mass is 10.1. The second-order valence-electron chi connectivity index (χ2n) is 4.27. The molecule has 0 saturated heterocycles. The summed E-state index contributed by atoms with van der Waals surface area (Å²) in [5, 5.41) is 2.70. The largest absolute Gasteiger partial charge is 0.383 e. The number of fused-ring (bicyclic) bond motifs is 1. The third kappa shape index (κ3) is 3.13. The van der Waals surface area contributed by atoms with Crippen LogP contribution in [0.3, 0.4) is 0 Å². The number of nitrogens with one attached hydrogen (secondary N) is 1. The summed E-state index contributed by atoms with van der Waals surface area (Å²) in [6.07, 6.45) is 0. The Hall–Kier alpha value is -1.40. The molecule has 2 rings (SSSR count). The molecule has 0 fully saturated rings. The fraction of sp³-hybridized carbons (Fsp3) is 0.385. The van der Waals surface area contributed by atoms with Crippen molar-refractivity contribution in [3.63, 3.8) is 0 Å². The normalized spacial score (nSPS) is 13.6. The first-order valence-corrected chi connectivity index (χ1v) is 6.75. The quantitative estimate of drug-likeness (QED) is 0.826. The highest BCUT2D eigenvalue weighted by molar-refractivity contribution is 9.10. The molecule has 0 spiro atoms. The van der Waals surface area contributed by atoms with Gasteiger partial charge in [0, 0.05) is 30.2 Å². The molecule has 1 heterocycles. The van der Waals surface area contributed by atoms with Gasteiger partial charge in [0.2, 0.25) is 5.91 Å². The molecule has 0 saturated carbocycles. The van der Waals surface area contributed by atoms with Crippen LogP contribution in [0.5, 0.6) is 0 Å². The van der Waals surface area contributed by atoms with Crippen LogP contribution in [-0.2, 0) is 16.1 Å². The lowest BCUT2D eigenvalue weighted by molar-refractivity contribution is -0.122. The van der Waals surface area contributed by atoms with E-state index in [2.05, 4.69) is 21.2 Å². The molecule has 0 unspecified atom stereocenters. The molecule has 0 aromatic heterocycles. The molecule has 6 heteroatoms. The van der Waals surface area contributed by atoms with E-state index >= 15 is 0 Å². The summed E-state index contributed by atoms with van der Waals surface area (Å²) in [5.74, 6) is -0.271. The van der Waals surface area contributed by atoms with Crippen LogP contribution < -0.4 is 5.32 Å². The van der Waals surface area contributed by atoms with E-state index in [1.807, 2.05) is 12.1 Å². The Balaban J connectivity index is 1.96. The summed E-state index contributed by atoms with van der Waals surface area (Å²) < 4.78 is 5.75. The smallest absolute Gasteiger partial charge is 0.255 e. The van der Waals surface area contributed by atoms with Gasteiger partial charge in [-0.15, -0.1) is 0 Å². The zero-order valence-electron chi connectivity index (χ0n) is 10.6. The minimum absolute atomic E-state index is 0.0731. The molecule has 1 aliphatic rings. The molecule has 0 atom stereocenters. The van der Waals surface area contributed by atoms with Crippen molar-refractivity contribution in [3.8, 4) is 0 Å². The van der Waals surface area contributed by atoms with Gasteiger partial charge in [-0.3, -0.25) is 9.59 Å². The van der Waals surface area contributed by atoms with Gasteiger partial charge in [0.05, 0.1) is 6.61 Å². The number of nitrogens with zero attached hydrogens (tertiary/aromatic N) is 1. The average molecular weight is 327 g/mol. The molecule has 0 radical (unpaired) electrons. The molecule has 19 heavy (non-hydrogen) atoms. The van der Waals surface area contributed by atoms with Gasteiger partial charge in [0.15, 0.2) is 0 Å². The number of amides is 2. The molecule has 0 aliphatic carbocycles. The lowest BCUT2D eigenvalue weighted by Gasteiger charge is -2.15. The van der Waals surface area contributed by atoms with Crippen molar-refractivity contribution in [1.82, 2.24) is 10.2 Å². The molecule has 2 amide bonds. The summed E-state index contributed by atoms with van der Waals surface area (Å²) in [7, 11) is 1.57. The van der Waals surface area contributed by atoms with Gasteiger partial charge in [-0.25, -0.2) is 0 Å². The van der Waals surface area contributed by atoms with Gasteiger partial charge in [-0.2, -0.15) is 0 Å². The van der Waals surface area contributed by atoms with Gasteiger partial charge >= 0.3 is 0 Å². The first-order chi connectivity index (χ1) is 9.13. The van der Waals surface area contributed by atoms with Crippen LogP contribution in [-0.4, -0.2) is 43.5 Å². The summed E-state index contributed by atoms with van der Waals surface area (Å²) in [6.45, 7) is 1.45. The Bertz CT molecular complexity index is 505. The second-order valence-corrected chi connectivity index (χ2v) is 5.12. The number of rotatable bonds is 5. The van der Waals surface area contributed by atoms with Crippen molar-refractivity contribution < 1.29 is 14.3 Å². The molecule has 0 bridgehead atoms. The van der Waals surface area contributed by atoms with Crippen molar-refractivity contribution in [2.75, 3.05) is 26.8 Å². The van der Waals surface area contributed by atoms with Crippen molar-refractivity contribution in [2.24, 2.45) is 0 Å². The Kier molecular flexibility index (Phi) is 4.55. The third-order valence-electron chi connectivity index (χ3n) is 2.95. The maximum Gasteiger partial charge on any atom is 0.255 e. The van der Waals surface area contributed by atoms with Crippen LogP contribution in [0.4, 0.5) is 0 Å². The second kappa shape index (κ2) is 6.16. The number of hydrogen-bond donors (Lipinski definition) is 1. The van der Waals surface area contributed by atoms with Crippen LogP contribution in [0.2, 0.25) is 0 Å². The highest BCUT2D eigenvalue weighted by atomic mass is 79.9. The molecule has 1 aliphatic heterocycles. The number of carbonyl (C=O) groups excluding carboxylic acids is 2. The summed E-state index contributed by atoms with van der Waals surface area (Å²) in [5.41, 5.74) is 1.61. The molecule has 1 aromatic rings. The number of carbonyl (C=O) groups is 2. The molecule has 102 valence electrons. The van der Waals surface area contributed by atoms with Crippen molar-refractivity contribution in [2.45, 2.75) is 6.54 Å². The maximum absolute atomic E-state index is 12.1. The SMILES string of the molecule is COCCNC(=O)CN1Cc2c(Br)cccc2C1=O. The molecule has 5 nitrogen and oxygen atoms in total. The van der Waals surface area contributed by atoms with Crippen molar-refractivity contribution in [1.29, 1.82) is 0 Å². The van der Waals surface area contributed by atoms with E-state index < -0.39 is 0 Å². The van der Waals surface area contributed by atoms with Crippen LogP contribution >= 0.6 is 15.9 Å². The third-order valence-corrected chi connectivity index (χ3v) is 3.69. The van der Waals surface area contributed by atoms with Gasteiger partial charge in [0.25, 0.3) is 5.91 Å². The minimum Gasteiger partial charge on any atom is -0.383 e. The highest BCUT2D eigenvalue weighted by Gasteiger charge is 2.29. The predicted molar refractivity (Wildman–Crippen MR) is 73.8 cm³/mol. The summed E-state index contributed by atoms with van der Waals surface area (Å²) >= 11 is 3.42. The number of benzene rings is 1. The monoisotopic (exact) mass is 326 g/mol. The Morgan fingerprint density at radius 2 is 2.32 bits per heavy atom. The van der Waals surface area contributed by atoms with E-state index in [9.17, 15) is 9.59 Å². The Morgan fingerprint density at radius 3 is 3.00 bits per heavy atom. The fourth-order valence-electron chi connectivity index (χ4n) is 2.00. The van der Waals surface area contributed by atoms with Crippen molar-refractivity contribution >= 4 is 27.7 Å². The Labute approximate surface area is 120 Å². The molecular formula is C13H15BrN2O3. The number of methoxy groups -OCH3 is 1. The first-order valence-electron chi connectivity index (χ1n) is 5.95. The molecule has 1 aromatic carbocycles. The van der Waals surface area contributed by atoms with Gasteiger partial charge < -0.3 is 15.0 Å². The standard InChI is InChI=1S/C13H15BrN2O3/c1-19-6-5-15-12(17)8-16-7-10-9(13(16)18)3-2-4-11(10)14/h2-4H,5-8H2,1H3,(H,15,17). The van der Waals surface area contributed by atoms with E-state index in [0.29, 0.717) is 25.3 Å². The average Bonchev–Trinajstić information content (AvgIpc) is 2.69. The first kappa shape index (κ1) is 14.0. The van der Waals surface area contributed by atoms with Gasteiger partial charge in [-0.05, 0) is 17.7 Å². The van der Waals surface area contributed by atoms with E-state index in [4.69, 9.17) is 4.74 Å². The van der Waals surface area contributed by atoms with Crippen LogP contribution in [0.25, 0.3) is 0 Å². The van der Waals surface area contributed by atoms with Crippen LogP contribution in [0.15, 0.2) is 22.7 Å². The van der Waals surface area contributed by atoms with Gasteiger partial charge in [0.1, 0.15) is 6.54 Å². The van der Waals surface area contributed by atoms with Gasteiger partial charge in [-0.1, -0.05) is 22.0 Å². The Morgan fingerprint density at radius 1 is 1.53 bits per heavy atom. The van der Waals surface area contributed by atoms with E-state index in [1.165, 1.54) is 4.90 Å². The zero-order valence-corrected chi connectivity index (χ0v) is 12.2. The molecular weight excluding hydrogens is 312 g/mol. The number of ether oxygens (including phenoxy) is 1. The van der Waals surface area contributed by atoms with E-state index in [1.54, 1.807) is 13.2 Å². The zero-order chi connectivity index (χ0) is 13.8. The topological polar surface area (TPSA) is 58.6 Å². The van der Waals surface area contributed by atoms with Crippen molar-refractivity contribution in [3.05, 3.63) is 33.8 Å². The molecule has 1 N–H and O–H groups in total. The summed E-state index contributed by atoms with van der Waals surface area (Å²) in [4.78, 5) is 25.3.